The van der Waals surface area contributed by atoms with Crippen LogP contribution in [0, 0.1) is 0 Å². The van der Waals surface area contributed by atoms with E-state index >= 15 is 0 Å². The number of rotatable bonds is 2. The summed E-state index contributed by atoms with van der Waals surface area (Å²) >= 11 is 0. The summed E-state index contributed by atoms with van der Waals surface area (Å²) in [5.74, 6) is 0.0584. The van der Waals surface area contributed by atoms with Gasteiger partial charge in [0.15, 0.2) is 0 Å². The van der Waals surface area contributed by atoms with Crippen molar-refractivity contribution in [2.24, 2.45) is 0 Å². The third kappa shape index (κ3) is 3.40. The van der Waals surface area contributed by atoms with Crippen molar-refractivity contribution in [3.05, 3.63) is 12.2 Å². The lowest BCUT2D eigenvalue weighted by Gasteiger charge is -1.89. The number of allylic oxidation sites excluding steroid dienone is 1. The summed E-state index contributed by atoms with van der Waals surface area (Å²) in [4.78, 5) is 10.4. The molecule has 0 aliphatic rings. The topological polar surface area (TPSA) is 29.1 Å². The molecular formula is C6H11NO. The molecule has 0 saturated heterocycles. The zero-order valence-electron chi connectivity index (χ0n) is 5.27. The molecule has 8 heavy (non-hydrogen) atoms. The van der Waals surface area contributed by atoms with Crippen LogP contribution < -0.4 is 5.32 Å². The van der Waals surface area contributed by atoms with Crippen LogP contribution in [0.4, 0.5) is 0 Å². The van der Waals surface area contributed by atoms with E-state index in [1.165, 1.54) is 0 Å². The van der Waals surface area contributed by atoms with Crippen LogP contribution in [0.15, 0.2) is 12.2 Å². The van der Waals surface area contributed by atoms with Crippen LogP contribution in [0.2, 0.25) is 0 Å². The Morgan fingerprint density at radius 2 is 2.38 bits per heavy atom. The summed E-state index contributed by atoms with van der Waals surface area (Å²) in [5.41, 5.74) is 0. The highest BCUT2D eigenvalue weighted by Gasteiger charge is 1.88. The first-order valence-electron chi connectivity index (χ1n) is 2.63. The summed E-state index contributed by atoms with van der Waals surface area (Å²) in [6.07, 6.45) is 4.17. The summed E-state index contributed by atoms with van der Waals surface area (Å²) in [5, 5.41) is 2.51. The van der Waals surface area contributed by atoms with E-state index < -0.39 is 0 Å². The molecule has 0 aromatic carbocycles. The number of carbonyl (C=O) groups excluding carboxylic acids is 1. The van der Waals surface area contributed by atoms with Gasteiger partial charge in [-0.05, 0) is 6.92 Å². The van der Waals surface area contributed by atoms with Gasteiger partial charge in [0.1, 0.15) is 0 Å². The highest BCUT2D eigenvalue weighted by atomic mass is 16.1. The van der Waals surface area contributed by atoms with Gasteiger partial charge >= 0.3 is 0 Å². The highest BCUT2D eigenvalue weighted by Crippen LogP contribution is 1.79. The normalized spacial score (nSPS) is 9.75. The van der Waals surface area contributed by atoms with Gasteiger partial charge in [-0.25, -0.2) is 0 Å². The number of carbonyl (C=O) groups is 1. The minimum Gasteiger partial charge on any atom is -0.359 e. The second kappa shape index (κ2) is 4.37. The van der Waals surface area contributed by atoms with Crippen LogP contribution in [0.25, 0.3) is 0 Å². The first-order valence-corrected chi connectivity index (χ1v) is 2.63. The van der Waals surface area contributed by atoms with Crippen molar-refractivity contribution in [2.45, 2.75) is 13.3 Å². The average Bonchev–Trinajstić information content (AvgIpc) is 1.83. The molecule has 0 unspecified atom stereocenters. The molecule has 0 aliphatic carbocycles. The lowest BCUT2D eigenvalue weighted by atomic mass is 10.4. The first-order chi connectivity index (χ1) is 3.81. The summed E-state index contributed by atoms with van der Waals surface area (Å²) in [6.45, 7) is 1.89. The number of hydrogen-bond donors (Lipinski definition) is 1. The molecule has 2 nitrogen and oxygen atoms in total. The standard InChI is InChI=1S/C6H11NO/c1-3-4-5-6(8)7-2/h3-4H,5H2,1-2H3,(H,7,8). The van der Waals surface area contributed by atoms with Crippen molar-refractivity contribution in [1.29, 1.82) is 0 Å². The minimum absolute atomic E-state index is 0.0584. The molecule has 1 N–H and O–H groups in total. The average molecular weight is 113 g/mol. The van der Waals surface area contributed by atoms with Gasteiger partial charge in [0.2, 0.25) is 5.91 Å². The van der Waals surface area contributed by atoms with Gasteiger partial charge in [0.05, 0.1) is 0 Å². The molecule has 0 aliphatic heterocycles. The Bertz CT molecular complexity index is 96.7. The Morgan fingerprint density at radius 3 is 2.75 bits per heavy atom. The Balaban J connectivity index is 3.25. The van der Waals surface area contributed by atoms with Gasteiger partial charge in [0, 0.05) is 13.5 Å². The fourth-order valence-corrected chi connectivity index (χ4v) is 0.327. The Labute approximate surface area is 49.6 Å². The number of nitrogens with one attached hydrogen (secondary N) is 1. The second-order valence-electron chi connectivity index (χ2n) is 1.45. The molecule has 46 valence electrons. The summed E-state index contributed by atoms with van der Waals surface area (Å²) in [7, 11) is 1.63. The van der Waals surface area contributed by atoms with E-state index in [1.807, 2.05) is 19.1 Å². The van der Waals surface area contributed by atoms with Crippen LogP contribution in [0.3, 0.4) is 0 Å². The lowest BCUT2D eigenvalue weighted by Crippen LogP contribution is -2.15. The van der Waals surface area contributed by atoms with Crippen molar-refractivity contribution in [2.75, 3.05) is 7.05 Å². The minimum atomic E-state index is 0.0584. The van der Waals surface area contributed by atoms with E-state index in [1.54, 1.807) is 7.05 Å². The predicted molar refractivity (Wildman–Crippen MR) is 33.5 cm³/mol. The van der Waals surface area contributed by atoms with E-state index in [2.05, 4.69) is 5.32 Å². The summed E-state index contributed by atoms with van der Waals surface area (Å²) in [6, 6.07) is 0. The molecule has 0 fully saturated rings. The third-order valence-electron chi connectivity index (χ3n) is 0.818. The maximum Gasteiger partial charge on any atom is 0.223 e. The van der Waals surface area contributed by atoms with Crippen LogP contribution in [-0.2, 0) is 4.79 Å². The van der Waals surface area contributed by atoms with Gasteiger partial charge < -0.3 is 5.32 Å². The van der Waals surface area contributed by atoms with E-state index in [-0.39, 0.29) is 5.91 Å². The molecule has 1 amide bonds. The zero-order valence-corrected chi connectivity index (χ0v) is 5.27. The predicted octanol–water partition coefficient (Wildman–Crippen LogP) is 0.699. The van der Waals surface area contributed by atoms with Gasteiger partial charge in [-0.3, -0.25) is 4.79 Å². The SMILES string of the molecule is CC=CCC(=O)NC. The lowest BCUT2D eigenvalue weighted by molar-refractivity contribution is -0.119. The largest absolute Gasteiger partial charge is 0.359 e. The van der Waals surface area contributed by atoms with E-state index in [4.69, 9.17) is 0 Å². The van der Waals surface area contributed by atoms with E-state index in [0.29, 0.717) is 6.42 Å². The molecule has 0 bridgehead atoms. The van der Waals surface area contributed by atoms with Crippen LogP contribution in [0.5, 0.6) is 0 Å². The van der Waals surface area contributed by atoms with Crippen molar-refractivity contribution >= 4 is 5.91 Å². The monoisotopic (exact) mass is 113 g/mol. The van der Waals surface area contributed by atoms with Crippen molar-refractivity contribution < 1.29 is 4.79 Å². The van der Waals surface area contributed by atoms with Gasteiger partial charge in [0.25, 0.3) is 0 Å². The van der Waals surface area contributed by atoms with E-state index in [9.17, 15) is 4.79 Å². The quantitative estimate of drug-likeness (QED) is 0.525. The molecular weight excluding hydrogens is 102 g/mol. The van der Waals surface area contributed by atoms with Gasteiger partial charge in [-0.15, -0.1) is 0 Å². The summed E-state index contributed by atoms with van der Waals surface area (Å²) < 4.78 is 0. The molecule has 0 radical (unpaired) electrons. The zero-order chi connectivity index (χ0) is 6.41. The van der Waals surface area contributed by atoms with Crippen LogP contribution in [0.1, 0.15) is 13.3 Å². The van der Waals surface area contributed by atoms with Crippen molar-refractivity contribution in [3.63, 3.8) is 0 Å². The fraction of sp³-hybridized carbons (Fsp3) is 0.500. The highest BCUT2D eigenvalue weighted by molar-refractivity contribution is 5.76. The second-order valence-corrected chi connectivity index (χ2v) is 1.45. The van der Waals surface area contributed by atoms with Gasteiger partial charge in [-0.2, -0.15) is 0 Å². The molecule has 0 rings (SSSR count). The molecule has 0 saturated carbocycles. The smallest absolute Gasteiger partial charge is 0.223 e. The van der Waals surface area contributed by atoms with Crippen LogP contribution >= 0.6 is 0 Å². The molecule has 0 aromatic heterocycles. The Kier molecular flexibility index (Phi) is 3.94. The van der Waals surface area contributed by atoms with Crippen molar-refractivity contribution in [3.8, 4) is 0 Å². The molecule has 0 heterocycles. The molecule has 2 heteroatoms. The Morgan fingerprint density at radius 1 is 1.75 bits per heavy atom. The van der Waals surface area contributed by atoms with Crippen molar-refractivity contribution in [1.82, 2.24) is 5.32 Å². The van der Waals surface area contributed by atoms with Crippen LogP contribution in [-0.4, -0.2) is 13.0 Å². The molecule has 0 spiro atoms. The molecule has 0 atom stereocenters. The fourth-order valence-electron chi connectivity index (χ4n) is 0.327. The van der Waals surface area contributed by atoms with E-state index in [0.717, 1.165) is 0 Å². The first kappa shape index (κ1) is 7.21. The maximum atomic E-state index is 10.4. The maximum absolute atomic E-state index is 10.4. The van der Waals surface area contributed by atoms with Gasteiger partial charge in [-0.1, -0.05) is 12.2 Å². The number of amides is 1. The molecule has 0 aromatic rings. The Hall–Kier alpha value is -0.790. The third-order valence-corrected chi connectivity index (χ3v) is 0.818. The number of hydrogen-bond acceptors (Lipinski definition) is 1.